The highest BCUT2D eigenvalue weighted by atomic mass is 16.5. The fraction of sp³-hybridized carbons (Fsp3) is 0.750. The summed E-state index contributed by atoms with van der Waals surface area (Å²) in [5.41, 5.74) is 0. The van der Waals surface area contributed by atoms with E-state index in [1.165, 1.54) is 16.8 Å². The van der Waals surface area contributed by atoms with Gasteiger partial charge in [0.2, 0.25) is 0 Å². The third-order valence-electron chi connectivity index (χ3n) is 3.03. The average molecular weight is 272 g/mol. The van der Waals surface area contributed by atoms with Crippen molar-refractivity contribution in [2.75, 3.05) is 26.7 Å². The topological polar surface area (TPSA) is 87.2 Å². The molecule has 1 N–H and O–H groups in total. The number of hydrogen-bond acceptors (Lipinski definition) is 4. The van der Waals surface area contributed by atoms with Crippen molar-refractivity contribution in [2.45, 2.75) is 32.2 Å². The number of hydrogen-bond donors (Lipinski definition) is 1. The third kappa shape index (κ3) is 4.11. The predicted molar refractivity (Wildman–Crippen MR) is 66.6 cm³/mol. The lowest BCUT2D eigenvalue weighted by atomic mass is 10.0. The van der Waals surface area contributed by atoms with E-state index in [2.05, 4.69) is 0 Å². The number of carboxylic acids is 1. The van der Waals surface area contributed by atoms with Gasteiger partial charge in [0, 0.05) is 13.6 Å². The van der Waals surface area contributed by atoms with Crippen LogP contribution in [0.3, 0.4) is 0 Å². The van der Waals surface area contributed by atoms with Crippen molar-refractivity contribution in [2.24, 2.45) is 0 Å². The number of ether oxygens (including phenoxy) is 1. The molecule has 0 bridgehead atoms. The van der Waals surface area contributed by atoms with Crippen LogP contribution in [0.2, 0.25) is 0 Å². The molecule has 2 amide bonds. The van der Waals surface area contributed by atoms with Crippen molar-refractivity contribution in [3.05, 3.63) is 0 Å². The van der Waals surface area contributed by atoms with Gasteiger partial charge in [0.05, 0.1) is 6.61 Å². The van der Waals surface area contributed by atoms with E-state index in [1.54, 1.807) is 6.92 Å². The molecule has 0 radical (unpaired) electrons. The SMILES string of the molecule is CCOC(=O)CN(C)C(=O)N1CCCCC1C(=O)O. The Morgan fingerprint density at radius 3 is 2.63 bits per heavy atom. The number of esters is 1. The number of urea groups is 1. The van der Waals surface area contributed by atoms with Crippen LogP contribution in [0.1, 0.15) is 26.2 Å². The molecule has 7 nitrogen and oxygen atoms in total. The zero-order chi connectivity index (χ0) is 14.4. The molecule has 1 saturated heterocycles. The lowest BCUT2D eigenvalue weighted by molar-refractivity contribution is -0.144. The minimum absolute atomic E-state index is 0.171. The van der Waals surface area contributed by atoms with E-state index >= 15 is 0 Å². The summed E-state index contributed by atoms with van der Waals surface area (Å²) in [6.07, 6.45) is 2.03. The molecule has 0 aliphatic carbocycles. The summed E-state index contributed by atoms with van der Waals surface area (Å²) in [7, 11) is 1.47. The van der Waals surface area contributed by atoms with Crippen molar-refractivity contribution in [1.29, 1.82) is 0 Å². The normalized spacial score (nSPS) is 18.8. The van der Waals surface area contributed by atoms with Crippen LogP contribution in [0.25, 0.3) is 0 Å². The number of rotatable bonds is 4. The minimum Gasteiger partial charge on any atom is -0.480 e. The van der Waals surface area contributed by atoms with Gasteiger partial charge in [-0.05, 0) is 26.2 Å². The molecule has 0 saturated carbocycles. The zero-order valence-corrected chi connectivity index (χ0v) is 11.3. The number of amides is 2. The molecule has 1 atom stereocenters. The summed E-state index contributed by atoms with van der Waals surface area (Å²) in [5, 5.41) is 9.10. The molecular weight excluding hydrogens is 252 g/mol. The fourth-order valence-corrected chi connectivity index (χ4v) is 2.10. The molecule has 0 aromatic carbocycles. The Balaban J connectivity index is 2.63. The second-order valence-corrected chi connectivity index (χ2v) is 4.49. The van der Waals surface area contributed by atoms with Crippen molar-refractivity contribution in [3.63, 3.8) is 0 Å². The van der Waals surface area contributed by atoms with Gasteiger partial charge < -0.3 is 19.6 Å². The second kappa shape index (κ2) is 6.96. The monoisotopic (exact) mass is 272 g/mol. The highest BCUT2D eigenvalue weighted by molar-refractivity contribution is 5.85. The maximum Gasteiger partial charge on any atom is 0.326 e. The Morgan fingerprint density at radius 1 is 1.37 bits per heavy atom. The Hall–Kier alpha value is -1.79. The van der Waals surface area contributed by atoms with Crippen LogP contribution in [0, 0.1) is 0 Å². The van der Waals surface area contributed by atoms with Crippen LogP contribution < -0.4 is 0 Å². The van der Waals surface area contributed by atoms with Crippen molar-refractivity contribution in [1.82, 2.24) is 9.80 Å². The maximum atomic E-state index is 12.1. The van der Waals surface area contributed by atoms with Gasteiger partial charge in [-0.1, -0.05) is 0 Å². The van der Waals surface area contributed by atoms with Gasteiger partial charge in [-0.25, -0.2) is 9.59 Å². The number of aliphatic carboxylic acids is 1. The molecule has 1 heterocycles. The number of piperidine rings is 1. The van der Waals surface area contributed by atoms with Crippen molar-refractivity contribution in [3.8, 4) is 0 Å². The first-order chi connectivity index (χ1) is 8.97. The van der Waals surface area contributed by atoms with Gasteiger partial charge in [0.15, 0.2) is 0 Å². The molecule has 1 aliphatic rings. The second-order valence-electron chi connectivity index (χ2n) is 4.49. The number of likely N-dealkylation sites (tertiary alicyclic amines) is 1. The molecule has 1 unspecified atom stereocenters. The third-order valence-corrected chi connectivity index (χ3v) is 3.03. The number of carboxylic acid groups (broad SMARTS) is 1. The Morgan fingerprint density at radius 2 is 2.05 bits per heavy atom. The predicted octanol–water partition coefficient (Wildman–Crippen LogP) is 0.540. The Bertz CT molecular complexity index is 358. The smallest absolute Gasteiger partial charge is 0.326 e. The largest absolute Gasteiger partial charge is 0.480 e. The van der Waals surface area contributed by atoms with E-state index in [-0.39, 0.29) is 13.2 Å². The highest BCUT2D eigenvalue weighted by Crippen LogP contribution is 2.18. The summed E-state index contributed by atoms with van der Waals surface area (Å²) >= 11 is 0. The van der Waals surface area contributed by atoms with Crippen LogP contribution in [-0.2, 0) is 14.3 Å². The van der Waals surface area contributed by atoms with Crippen molar-refractivity contribution >= 4 is 18.0 Å². The molecule has 1 rings (SSSR count). The van der Waals surface area contributed by atoms with Crippen LogP contribution in [0.4, 0.5) is 4.79 Å². The summed E-state index contributed by atoms with van der Waals surface area (Å²) in [6.45, 7) is 2.17. The summed E-state index contributed by atoms with van der Waals surface area (Å²) in [5.74, 6) is -1.50. The molecule has 19 heavy (non-hydrogen) atoms. The van der Waals surface area contributed by atoms with Gasteiger partial charge in [-0.15, -0.1) is 0 Å². The number of likely N-dealkylation sites (N-methyl/N-ethyl adjacent to an activating group) is 1. The number of nitrogens with zero attached hydrogens (tertiary/aromatic N) is 2. The van der Waals surface area contributed by atoms with Gasteiger partial charge in [0.1, 0.15) is 12.6 Å². The van der Waals surface area contributed by atoms with Crippen LogP contribution >= 0.6 is 0 Å². The van der Waals surface area contributed by atoms with Crippen LogP contribution in [-0.4, -0.2) is 65.7 Å². The lowest BCUT2D eigenvalue weighted by Gasteiger charge is -2.35. The molecule has 0 aromatic rings. The average Bonchev–Trinajstić information content (AvgIpc) is 2.37. The Kier molecular flexibility index (Phi) is 5.59. The highest BCUT2D eigenvalue weighted by Gasteiger charge is 2.33. The first kappa shape index (κ1) is 15.3. The van der Waals surface area contributed by atoms with Crippen molar-refractivity contribution < 1.29 is 24.2 Å². The molecule has 7 heteroatoms. The number of carbonyl (C=O) groups is 3. The maximum absolute atomic E-state index is 12.1. The first-order valence-corrected chi connectivity index (χ1v) is 6.37. The standard InChI is InChI=1S/C12H20N2O5/c1-3-19-10(15)8-13(2)12(18)14-7-5-4-6-9(14)11(16)17/h9H,3-8H2,1-2H3,(H,16,17). The summed E-state index contributed by atoms with van der Waals surface area (Å²) in [4.78, 5) is 37.1. The Labute approximate surface area is 112 Å². The van der Waals surface area contributed by atoms with Gasteiger partial charge in [-0.2, -0.15) is 0 Å². The molecule has 0 aromatic heterocycles. The molecule has 1 aliphatic heterocycles. The van der Waals surface area contributed by atoms with E-state index < -0.39 is 24.0 Å². The first-order valence-electron chi connectivity index (χ1n) is 6.37. The summed E-state index contributed by atoms with van der Waals surface area (Å²) in [6, 6.07) is -1.24. The summed E-state index contributed by atoms with van der Waals surface area (Å²) < 4.78 is 4.76. The van der Waals surface area contributed by atoms with E-state index in [9.17, 15) is 14.4 Å². The van der Waals surface area contributed by atoms with E-state index in [0.717, 1.165) is 12.8 Å². The molecular formula is C12H20N2O5. The van der Waals surface area contributed by atoms with E-state index in [1.807, 2.05) is 0 Å². The minimum atomic E-state index is -1.00. The number of carbonyl (C=O) groups excluding carboxylic acids is 2. The van der Waals surface area contributed by atoms with Gasteiger partial charge in [-0.3, -0.25) is 4.79 Å². The van der Waals surface area contributed by atoms with E-state index in [0.29, 0.717) is 13.0 Å². The van der Waals surface area contributed by atoms with Gasteiger partial charge >= 0.3 is 18.0 Å². The fourth-order valence-electron chi connectivity index (χ4n) is 2.10. The zero-order valence-electron chi connectivity index (χ0n) is 11.3. The van der Waals surface area contributed by atoms with Crippen LogP contribution in [0.5, 0.6) is 0 Å². The molecule has 1 fully saturated rings. The van der Waals surface area contributed by atoms with E-state index in [4.69, 9.17) is 9.84 Å². The lowest BCUT2D eigenvalue weighted by Crippen LogP contribution is -2.53. The van der Waals surface area contributed by atoms with Gasteiger partial charge in [0.25, 0.3) is 0 Å². The molecule has 108 valence electrons. The quantitative estimate of drug-likeness (QED) is 0.755. The molecule has 0 spiro atoms. The van der Waals surface area contributed by atoms with Crippen LogP contribution in [0.15, 0.2) is 0 Å².